The van der Waals surface area contributed by atoms with Crippen LogP contribution < -0.4 is 5.32 Å². The largest absolute Gasteiger partial charge is 0.450 e. The predicted octanol–water partition coefficient (Wildman–Crippen LogP) is 1.42. The van der Waals surface area contributed by atoms with Crippen LogP contribution in [0, 0.1) is 11.8 Å². The molecule has 23 heavy (non-hydrogen) atoms. The molecule has 1 amide bonds. The molecule has 0 radical (unpaired) electrons. The molecule has 7 nitrogen and oxygen atoms in total. The zero-order chi connectivity index (χ0) is 17.0. The highest BCUT2D eigenvalue weighted by Gasteiger charge is 2.37. The van der Waals surface area contributed by atoms with Crippen molar-refractivity contribution >= 4 is 16.3 Å². The third kappa shape index (κ3) is 4.81. The second-order valence-corrected chi connectivity index (χ2v) is 8.76. The van der Waals surface area contributed by atoms with Gasteiger partial charge in [-0.3, -0.25) is 0 Å². The summed E-state index contributed by atoms with van der Waals surface area (Å²) < 4.78 is 33.8. The lowest BCUT2D eigenvalue weighted by Crippen LogP contribution is -2.55. The summed E-state index contributed by atoms with van der Waals surface area (Å²) in [7, 11) is -3.46. The summed E-state index contributed by atoms with van der Waals surface area (Å²) >= 11 is 0. The van der Waals surface area contributed by atoms with E-state index in [1.165, 1.54) is 4.31 Å². The smallest absolute Gasteiger partial charge is 0.407 e. The zero-order valence-electron chi connectivity index (χ0n) is 14.3. The number of hydrogen-bond acceptors (Lipinski definition) is 4. The summed E-state index contributed by atoms with van der Waals surface area (Å²) in [6.45, 7) is 8.25. The molecule has 8 heteroatoms. The average molecular weight is 347 g/mol. The van der Waals surface area contributed by atoms with Crippen LogP contribution in [0.25, 0.3) is 0 Å². The Hall–Kier alpha value is -0.860. The number of nitrogens with zero attached hydrogens (tertiary/aromatic N) is 2. The molecule has 134 valence electrons. The summed E-state index contributed by atoms with van der Waals surface area (Å²) in [5.41, 5.74) is 0. The Balaban J connectivity index is 2.00. The van der Waals surface area contributed by atoms with Gasteiger partial charge < -0.3 is 10.1 Å². The molecule has 0 bridgehead atoms. The number of rotatable bonds is 4. The van der Waals surface area contributed by atoms with Crippen LogP contribution in [0.1, 0.15) is 40.0 Å². The maximum absolute atomic E-state index is 12.9. The Morgan fingerprint density at radius 3 is 2.43 bits per heavy atom. The van der Waals surface area contributed by atoms with Gasteiger partial charge in [-0.15, -0.1) is 0 Å². The molecule has 1 N–H and O–H groups in total. The molecule has 0 unspecified atom stereocenters. The van der Waals surface area contributed by atoms with Gasteiger partial charge in [0.15, 0.2) is 0 Å². The molecule has 0 aromatic rings. The van der Waals surface area contributed by atoms with Crippen molar-refractivity contribution in [2.45, 2.75) is 46.1 Å². The van der Waals surface area contributed by atoms with Gasteiger partial charge in [0.1, 0.15) is 0 Å². The van der Waals surface area contributed by atoms with E-state index >= 15 is 0 Å². The van der Waals surface area contributed by atoms with Crippen molar-refractivity contribution in [2.24, 2.45) is 11.8 Å². The molecule has 2 rings (SSSR count). The highest BCUT2D eigenvalue weighted by molar-refractivity contribution is 7.86. The minimum atomic E-state index is -3.46. The average Bonchev–Trinajstić information content (AvgIpc) is 2.46. The number of nitrogens with one attached hydrogen (secondary N) is 1. The van der Waals surface area contributed by atoms with Gasteiger partial charge in [-0.25, -0.2) is 4.79 Å². The number of alkyl carbamates (subject to hydrolysis) is 1. The first-order valence-electron chi connectivity index (χ1n) is 8.51. The molecule has 2 aliphatic heterocycles. The molecule has 0 aliphatic carbocycles. The molecule has 0 aromatic heterocycles. The Kier molecular flexibility index (Phi) is 6.27. The lowest BCUT2D eigenvalue weighted by Gasteiger charge is -2.39. The topological polar surface area (TPSA) is 79.0 Å². The van der Waals surface area contributed by atoms with E-state index in [1.54, 1.807) is 11.2 Å². The fourth-order valence-electron chi connectivity index (χ4n) is 3.57. The van der Waals surface area contributed by atoms with Crippen LogP contribution in [0.3, 0.4) is 0 Å². The molecule has 2 heterocycles. The SMILES string of the molecule is CCOC(=O)N[C@H]1CCCN(S(=O)(=O)N2C[C@H](C)C[C@H](C)C2)C1. The van der Waals surface area contributed by atoms with Crippen molar-refractivity contribution in [3.8, 4) is 0 Å². The van der Waals surface area contributed by atoms with Crippen molar-refractivity contribution in [1.29, 1.82) is 0 Å². The lowest BCUT2D eigenvalue weighted by molar-refractivity contribution is 0.141. The summed E-state index contributed by atoms with van der Waals surface area (Å²) in [5, 5.41) is 2.76. The van der Waals surface area contributed by atoms with Crippen molar-refractivity contribution in [3.05, 3.63) is 0 Å². The van der Waals surface area contributed by atoms with Gasteiger partial charge in [-0.05, 0) is 38.0 Å². The van der Waals surface area contributed by atoms with Gasteiger partial charge in [-0.1, -0.05) is 13.8 Å². The molecule has 2 saturated heterocycles. The van der Waals surface area contributed by atoms with E-state index in [-0.39, 0.29) is 6.04 Å². The van der Waals surface area contributed by atoms with E-state index < -0.39 is 16.3 Å². The Labute approximate surface area is 139 Å². The van der Waals surface area contributed by atoms with Gasteiger partial charge in [0, 0.05) is 32.2 Å². The van der Waals surface area contributed by atoms with Gasteiger partial charge in [0.05, 0.1) is 6.61 Å². The van der Waals surface area contributed by atoms with Crippen LogP contribution in [0.2, 0.25) is 0 Å². The van der Waals surface area contributed by atoms with Crippen molar-refractivity contribution in [1.82, 2.24) is 13.9 Å². The van der Waals surface area contributed by atoms with E-state index in [9.17, 15) is 13.2 Å². The summed E-state index contributed by atoms with van der Waals surface area (Å²) in [6, 6.07) is -0.183. The fourth-order valence-corrected chi connectivity index (χ4v) is 5.51. The van der Waals surface area contributed by atoms with Crippen LogP contribution in [-0.4, -0.2) is 61.9 Å². The van der Waals surface area contributed by atoms with Crippen molar-refractivity contribution < 1.29 is 17.9 Å². The van der Waals surface area contributed by atoms with E-state index in [2.05, 4.69) is 19.2 Å². The first-order valence-corrected chi connectivity index (χ1v) is 9.91. The number of ether oxygens (including phenoxy) is 1. The van der Waals surface area contributed by atoms with Crippen LogP contribution in [-0.2, 0) is 14.9 Å². The maximum Gasteiger partial charge on any atom is 0.407 e. The van der Waals surface area contributed by atoms with E-state index in [1.807, 2.05) is 0 Å². The first-order chi connectivity index (χ1) is 10.8. The Bertz CT molecular complexity index is 501. The predicted molar refractivity (Wildman–Crippen MR) is 88.2 cm³/mol. The van der Waals surface area contributed by atoms with Gasteiger partial charge in [0.2, 0.25) is 0 Å². The number of carbonyl (C=O) groups is 1. The van der Waals surface area contributed by atoms with Gasteiger partial charge >= 0.3 is 6.09 Å². The standard InChI is InChI=1S/C15H29N3O4S/c1-4-22-15(19)16-14-6-5-7-17(11-14)23(20,21)18-9-12(2)8-13(3)10-18/h12-14H,4-11H2,1-3H3,(H,16,19)/t12-,13+,14-/m0/s1. The third-order valence-electron chi connectivity index (χ3n) is 4.47. The Morgan fingerprint density at radius 1 is 1.17 bits per heavy atom. The molecule has 2 aliphatic rings. The van der Waals surface area contributed by atoms with E-state index in [0.29, 0.717) is 44.6 Å². The molecular formula is C15H29N3O4S. The first kappa shape index (κ1) is 18.5. The number of hydrogen-bond donors (Lipinski definition) is 1. The monoisotopic (exact) mass is 347 g/mol. The van der Waals surface area contributed by atoms with Crippen LogP contribution in [0.5, 0.6) is 0 Å². The molecule has 0 saturated carbocycles. The van der Waals surface area contributed by atoms with Gasteiger partial charge in [-0.2, -0.15) is 17.0 Å². The van der Waals surface area contributed by atoms with Crippen molar-refractivity contribution in [3.63, 3.8) is 0 Å². The minimum Gasteiger partial charge on any atom is -0.450 e. The molecule has 0 aromatic carbocycles. The number of carbonyl (C=O) groups excluding carboxylic acids is 1. The molecule has 3 atom stereocenters. The minimum absolute atomic E-state index is 0.183. The summed E-state index contributed by atoms with van der Waals surface area (Å²) in [5.74, 6) is 0.763. The quantitative estimate of drug-likeness (QED) is 0.834. The lowest BCUT2D eigenvalue weighted by atomic mass is 9.94. The fraction of sp³-hybridized carbons (Fsp3) is 0.933. The summed E-state index contributed by atoms with van der Waals surface area (Å²) in [4.78, 5) is 11.5. The second kappa shape index (κ2) is 7.81. The van der Waals surface area contributed by atoms with Crippen LogP contribution >= 0.6 is 0 Å². The summed E-state index contributed by atoms with van der Waals surface area (Å²) in [6.07, 6.45) is 2.11. The highest BCUT2D eigenvalue weighted by atomic mass is 32.2. The van der Waals surface area contributed by atoms with Crippen molar-refractivity contribution in [2.75, 3.05) is 32.8 Å². The van der Waals surface area contributed by atoms with E-state index in [4.69, 9.17) is 4.74 Å². The molecular weight excluding hydrogens is 318 g/mol. The van der Waals surface area contributed by atoms with Gasteiger partial charge in [0.25, 0.3) is 10.2 Å². The van der Waals surface area contributed by atoms with Crippen LogP contribution in [0.15, 0.2) is 0 Å². The van der Waals surface area contributed by atoms with Crippen LogP contribution in [0.4, 0.5) is 4.79 Å². The zero-order valence-corrected chi connectivity index (χ0v) is 15.1. The number of piperidine rings is 2. The molecule has 0 spiro atoms. The molecule has 2 fully saturated rings. The third-order valence-corrected chi connectivity index (χ3v) is 6.40. The number of amides is 1. The maximum atomic E-state index is 12.9. The normalized spacial score (nSPS) is 30.8. The highest BCUT2D eigenvalue weighted by Crippen LogP contribution is 2.26. The second-order valence-electron chi connectivity index (χ2n) is 6.83. The van der Waals surface area contributed by atoms with E-state index in [0.717, 1.165) is 19.3 Å². The Morgan fingerprint density at radius 2 is 1.83 bits per heavy atom.